The van der Waals surface area contributed by atoms with Gasteiger partial charge in [0.2, 0.25) is 0 Å². The minimum atomic E-state index is -0.0843. The van der Waals surface area contributed by atoms with Gasteiger partial charge in [-0.3, -0.25) is 4.79 Å². The summed E-state index contributed by atoms with van der Waals surface area (Å²) in [5, 5.41) is 4.03. The van der Waals surface area contributed by atoms with Crippen LogP contribution in [0.1, 0.15) is 27.2 Å². The zero-order valence-electron chi connectivity index (χ0n) is 12.4. The van der Waals surface area contributed by atoms with E-state index in [0.29, 0.717) is 5.56 Å². The van der Waals surface area contributed by atoms with E-state index in [4.69, 9.17) is 0 Å². The summed E-state index contributed by atoms with van der Waals surface area (Å²) in [5.74, 6) is -0.0843. The van der Waals surface area contributed by atoms with Crippen LogP contribution in [0.25, 0.3) is 10.9 Å². The first-order chi connectivity index (χ1) is 10.0. The molecule has 106 valence electrons. The average Bonchev–Trinajstić information content (AvgIpc) is 2.76. The Kier molecular flexibility index (Phi) is 3.26. The molecular formula is C18H18N2O. The zero-order valence-corrected chi connectivity index (χ0v) is 12.4. The maximum atomic E-state index is 12.3. The highest BCUT2D eigenvalue weighted by atomic mass is 16.1. The highest BCUT2D eigenvalue weighted by Crippen LogP contribution is 2.23. The molecule has 2 N–H and O–H groups in total. The van der Waals surface area contributed by atoms with Gasteiger partial charge in [-0.15, -0.1) is 0 Å². The summed E-state index contributed by atoms with van der Waals surface area (Å²) >= 11 is 0. The van der Waals surface area contributed by atoms with Gasteiger partial charge in [0.25, 0.3) is 5.91 Å². The molecule has 0 spiro atoms. The third kappa shape index (κ3) is 2.55. The fourth-order valence-corrected chi connectivity index (χ4v) is 2.44. The number of anilines is 1. The summed E-state index contributed by atoms with van der Waals surface area (Å²) in [4.78, 5) is 15.7. The maximum absolute atomic E-state index is 12.3. The molecule has 3 aromatic rings. The molecule has 1 amide bonds. The quantitative estimate of drug-likeness (QED) is 0.719. The molecule has 3 nitrogen and oxygen atoms in total. The molecule has 3 rings (SSSR count). The number of aromatic nitrogens is 1. The van der Waals surface area contributed by atoms with E-state index in [-0.39, 0.29) is 5.91 Å². The topological polar surface area (TPSA) is 44.9 Å². The van der Waals surface area contributed by atoms with Crippen molar-refractivity contribution in [2.45, 2.75) is 20.8 Å². The zero-order chi connectivity index (χ0) is 15.0. The van der Waals surface area contributed by atoms with E-state index in [0.717, 1.165) is 22.3 Å². The Morgan fingerprint density at radius 1 is 1.00 bits per heavy atom. The second-order valence-electron chi connectivity index (χ2n) is 5.46. The Morgan fingerprint density at radius 3 is 2.43 bits per heavy atom. The van der Waals surface area contributed by atoms with Gasteiger partial charge in [0.05, 0.1) is 0 Å². The van der Waals surface area contributed by atoms with Gasteiger partial charge in [-0.25, -0.2) is 0 Å². The lowest BCUT2D eigenvalue weighted by Gasteiger charge is -2.06. The minimum absolute atomic E-state index is 0.0843. The molecule has 0 aliphatic rings. The number of carbonyl (C=O) groups excluding carboxylic acids is 1. The third-order valence-corrected chi connectivity index (χ3v) is 3.88. The van der Waals surface area contributed by atoms with Crippen molar-refractivity contribution in [1.82, 2.24) is 4.98 Å². The summed E-state index contributed by atoms with van der Waals surface area (Å²) in [7, 11) is 0. The summed E-state index contributed by atoms with van der Waals surface area (Å²) in [5.41, 5.74) is 6.05. The van der Waals surface area contributed by atoms with Crippen LogP contribution in [0.4, 0.5) is 5.69 Å². The van der Waals surface area contributed by atoms with Crippen LogP contribution in [0.15, 0.2) is 42.5 Å². The Bertz CT molecular complexity index is 813. The van der Waals surface area contributed by atoms with Gasteiger partial charge in [0, 0.05) is 27.8 Å². The van der Waals surface area contributed by atoms with Gasteiger partial charge < -0.3 is 10.3 Å². The number of rotatable bonds is 2. The molecule has 0 aliphatic heterocycles. The van der Waals surface area contributed by atoms with Crippen molar-refractivity contribution < 1.29 is 4.79 Å². The molecule has 0 saturated carbocycles. The van der Waals surface area contributed by atoms with Crippen molar-refractivity contribution in [2.75, 3.05) is 5.32 Å². The van der Waals surface area contributed by atoms with Gasteiger partial charge in [0.1, 0.15) is 0 Å². The van der Waals surface area contributed by atoms with Crippen LogP contribution in [0, 0.1) is 20.8 Å². The summed E-state index contributed by atoms with van der Waals surface area (Å²) in [6.45, 7) is 6.13. The number of amides is 1. The van der Waals surface area contributed by atoms with E-state index in [1.807, 2.05) is 56.3 Å². The number of H-pyrrole nitrogens is 1. The molecular weight excluding hydrogens is 260 g/mol. The van der Waals surface area contributed by atoms with Gasteiger partial charge >= 0.3 is 0 Å². The van der Waals surface area contributed by atoms with Gasteiger partial charge in [0.15, 0.2) is 0 Å². The molecule has 0 fully saturated rings. The SMILES string of the molecule is Cc1ccc(NC(=O)c2ccc3[nH]c(C)c(C)c3c2)cc1. The first kappa shape index (κ1) is 13.4. The molecule has 0 saturated heterocycles. The molecule has 21 heavy (non-hydrogen) atoms. The van der Waals surface area contributed by atoms with Crippen LogP contribution in [-0.2, 0) is 0 Å². The van der Waals surface area contributed by atoms with Crippen LogP contribution < -0.4 is 5.32 Å². The molecule has 1 heterocycles. The molecule has 3 heteroatoms. The number of carbonyl (C=O) groups is 1. The lowest BCUT2D eigenvalue weighted by Crippen LogP contribution is -2.11. The third-order valence-electron chi connectivity index (χ3n) is 3.88. The summed E-state index contributed by atoms with van der Waals surface area (Å²) in [6, 6.07) is 13.5. The van der Waals surface area contributed by atoms with Crippen molar-refractivity contribution in [1.29, 1.82) is 0 Å². The van der Waals surface area contributed by atoms with E-state index >= 15 is 0 Å². The van der Waals surface area contributed by atoms with Crippen LogP contribution in [0.5, 0.6) is 0 Å². The predicted octanol–water partition coefficient (Wildman–Crippen LogP) is 4.35. The van der Waals surface area contributed by atoms with Crippen molar-refractivity contribution in [2.24, 2.45) is 0 Å². The Balaban J connectivity index is 1.90. The van der Waals surface area contributed by atoms with Crippen molar-refractivity contribution in [3.63, 3.8) is 0 Å². The normalized spacial score (nSPS) is 10.8. The van der Waals surface area contributed by atoms with Crippen LogP contribution in [-0.4, -0.2) is 10.9 Å². The molecule has 0 radical (unpaired) electrons. The van der Waals surface area contributed by atoms with E-state index in [9.17, 15) is 4.79 Å². The van der Waals surface area contributed by atoms with Gasteiger partial charge in [-0.05, 0) is 56.7 Å². The monoisotopic (exact) mass is 278 g/mol. The number of aromatic amines is 1. The Labute approximate surface area is 124 Å². The highest BCUT2D eigenvalue weighted by Gasteiger charge is 2.10. The van der Waals surface area contributed by atoms with Crippen molar-refractivity contribution >= 4 is 22.5 Å². The molecule has 2 aromatic carbocycles. The smallest absolute Gasteiger partial charge is 0.255 e. The standard InChI is InChI=1S/C18H18N2O/c1-11-4-7-15(8-5-11)20-18(21)14-6-9-17-16(10-14)12(2)13(3)19-17/h4-10,19H,1-3H3,(H,20,21). The van der Waals surface area contributed by atoms with Crippen molar-refractivity contribution in [3.05, 3.63) is 64.8 Å². The van der Waals surface area contributed by atoms with Crippen LogP contribution in [0.2, 0.25) is 0 Å². The first-order valence-corrected chi connectivity index (χ1v) is 7.01. The van der Waals surface area contributed by atoms with E-state index in [1.54, 1.807) is 0 Å². The number of aryl methyl sites for hydroxylation is 3. The second kappa shape index (κ2) is 5.09. The van der Waals surface area contributed by atoms with Gasteiger partial charge in [-0.1, -0.05) is 17.7 Å². The van der Waals surface area contributed by atoms with Crippen LogP contribution >= 0.6 is 0 Å². The average molecular weight is 278 g/mol. The fourth-order valence-electron chi connectivity index (χ4n) is 2.44. The minimum Gasteiger partial charge on any atom is -0.358 e. The first-order valence-electron chi connectivity index (χ1n) is 7.01. The summed E-state index contributed by atoms with van der Waals surface area (Å²) < 4.78 is 0. The molecule has 0 aliphatic carbocycles. The van der Waals surface area contributed by atoms with E-state index < -0.39 is 0 Å². The molecule has 0 unspecified atom stereocenters. The largest absolute Gasteiger partial charge is 0.358 e. The predicted molar refractivity (Wildman–Crippen MR) is 86.9 cm³/mol. The number of nitrogens with one attached hydrogen (secondary N) is 2. The van der Waals surface area contributed by atoms with E-state index in [2.05, 4.69) is 17.2 Å². The van der Waals surface area contributed by atoms with Gasteiger partial charge in [-0.2, -0.15) is 0 Å². The number of fused-ring (bicyclic) bond motifs is 1. The Morgan fingerprint density at radius 2 is 1.71 bits per heavy atom. The Hall–Kier alpha value is -2.55. The fraction of sp³-hybridized carbons (Fsp3) is 0.167. The van der Waals surface area contributed by atoms with Crippen LogP contribution in [0.3, 0.4) is 0 Å². The maximum Gasteiger partial charge on any atom is 0.255 e. The molecule has 0 atom stereocenters. The number of hydrogen-bond donors (Lipinski definition) is 2. The number of hydrogen-bond acceptors (Lipinski definition) is 1. The summed E-state index contributed by atoms with van der Waals surface area (Å²) in [6.07, 6.45) is 0. The lowest BCUT2D eigenvalue weighted by molar-refractivity contribution is 0.102. The lowest BCUT2D eigenvalue weighted by atomic mass is 10.1. The number of benzene rings is 2. The van der Waals surface area contributed by atoms with E-state index in [1.165, 1.54) is 11.1 Å². The highest BCUT2D eigenvalue weighted by molar-refractivity contribution is 6.06. The molecule has 1 aromatic heterocycles. The second-order valence-corrected chi connectivity index (χ2v) is 5.46. The van der Waals surface area contributed by atoms with Crippen molar-refractivity contribution in [3.8, 4) is 0 Å². The molecule has 0 bridgehead atoms.